The van der Waals surface area contributed by atoms with Crippen molar-refractivity contribution in [3.63, 3.8) is 0 Å². The van der Waals surface area contributed by atoms with Gasteiger partial charge in [0.15, 0.2) is 11.5 Å². The average molecular weight is 376 g/mol. The molecule has 1 aromatic carbocycles. The quantitative estimate of drug-likeness (QED) is 0.502. The van der Waals surface area contributed by atoms with Crippen LogP contribution >= 0.6 is 0 Å². The Balaban J connectivity index is 1.75. The molecule has 1 aliphatic rings. The van der Waals surface area contributed by atoms with Crippen LogP contribution in [0.25, 0.3) is 6.08 Å². The van der Waals surface area contributed by atoms with Crippen molar-refractivity contribution in [2.45, 2.75) is 20.3 Å². The molecule has 0 saturated carbocycles. The molecule has 1 fully saturated rings. The van der Waals surface area contributed by atoms with E-state index >= 15 is 0 Å². The largest absolute Gasteiger partial charge is 0.493 e. The molecule has 0 radical (unpaired) electrons. The third-order valence-electron chi connectivity index (χ3n) is 4.24. The molecule has 1 saturated heterocycles. The summed E-state index contributed by atoms with van der Waals surface area (Å²) >= 11 is 0. The number of carbonyl (C=O) groups excluding carboxylic acids is 1. The first-order valence-corrected chi connectivity index (χ1v) is 9.65. The lowest BCUT2D eigenvalue weighted by molar-refractivity contribution is -0.116. The minimum Gasteiger partial charge on any atom is -0.493 e. The number of morpholine rings is 1. The molecule has 2 rings (SSSR count). The lowest BCUT2D eigenvalue weighted by Crippen LogP contribution is -2.38. The van der Waals surface area contributed by atoms with Crippen LogP contribution in [0, 0.1) is 5.92 Å². The summed E-state index contributed by atoms with van der Waals surface area (Å²) in [5.74, 6) is 1.75. The Bertz CT molecular complexity index is 610. The number of nitrogens with zero attached hydrogens (tertiary/aromatic N) is 1. The Hall–Kier alpha value is -2.05. The normalized spacial score (nSPS) is 15.3. The molecule has 0 aliphatic carbocycles. The van der Waals surface area contributed by atoms with Crippen LogP contribution in [0.2, 0.25) is 0 Å². The van der Waals surface area contributed by atoms with Crippen molar-refractivity contribution in [3.05, 3.63) is 29.8 Å². The topological polar surface area (TPSA) is 60.0 Å². The molecule has 1 aliphatic heterocycles. The van der Waals surface area contributed by atoms with Crippen molar-refractivity contribution in [1.29, 1.82) is 0 Å². The van der Waals surface area contributed by atoms with E-state index < -0.39 is 0 Å². The summed E-state index contributed by atoms with van der Waals surface area (Å²) in [6.45, 7) is 10.1. The standard InChI is InChI=1S/C21H32N2O4/c1-17(2)16-27-19-7-5-18(15-20(19)25-3)6-8-21(24)22-9-4-10-23-11-13-26-14-12-23/h5-8,15,17H,4,9-14,16H2,1-3H3,(H,22,24). The van der Waals surface area contributed by atoms with Crippen molar-refractivity contribution in [2.75, 3.05) is 53.1 Å². The first-order valence-electron chi connectivity index (χ1n) is 9.65. The summed E-state index contributed by atoms with van der Waals surface area (Å²) in [5.41, 5.74) is 0.896. The maximum atomic E-state index is 12.0. The molecule has 150 valence electrons. The van der Waals surface area contributed by atoms with Gasteiger partial charge in [-0.05, 0) is 42.7 Å². The minimum atomic E-state index is -0.0870. The number of hydrogen-bond donors (Lipinski definition) is 1. The molecule has 0 aromatic heterocycles. The average Bonchev–Trinajstić information content (AvgIpc) is 2.69. The second-order valence-corrected chi connectivity index (χ2v) is 7.05. The van der Waals surface area contributed by atoms with E-state index in [1.165, 1.54) is 0 Å². The van der Waals surface area contributed by atoms with Crippen molar-refractivity contribution in [3.8, 4) is 11.5 Å². The molecule has 6 heteroatoms. The zero-order valence-electron chi connectivity index (χ0n) is 16.7. The van der Waals surface area contributed by atoms with Crippen LogP contribution in [-0.4, -0.2) is 63.9 Å². The van der Waals surface area contributed by atoms with Gasteiger partial charge in [0.1, 0.15) is 0 Å². The SMILES string of the molecule is COc1cc(C=CC(=O)NCCCN2CCOCC2)ccc1OCC(C)C. The third-order valence-corrected chi connectivity index (χ3v) is 4.24. The first kappa shape index (κ1) is 21.3. The summed E-state index contributed by atoms with van der Waals surface area (Å²) in [6, 6.07) is 5.67. The van der Waals surface area contributed by atoms with Gasteiger partial charge in [0, 0.05) is 25.7 Å². The van der Waals surface area contributed by atoms with Gasteiger partial charge in [0.2, 0.25) is 5.91 Å². The molecule has 0 atom stereocenters. The number of methoxy groups -OCH3 is 1. The number of ether oxygens (including phenoxy) is 3. The zero-order valence-corrected chi connectivity index (χ0v) is 16.7. The summed E-state index contributed by atoms with van der Waals surface area (Å²) in [6.07, 6.45) is 4.28. The maximum absolute atomic E-state index is 12.0. The lowest BCUT2D eigenvalue weighted by Gasteiger charge is -2.26. The Labute approximate surface area is 162 Å². The van der Waals surface area contributed by atoms with E-state index in [0.29, 0.717) is 24.8 Å². The van der Waals surface area contributed by atoms with Crippen molar-refractivity contribution in [2.24, 2.45) is 5.92 Å². The highest BCUT2D eigenvalue weighted by molar-refractivity contribution is 5.91. The fourth-order valence-electron chi connectivity index (χ4n) is 2.73. The smallest absolute Gasteiger partial charge is 0.243 e. The van der Waals surface area contributed by atoms with E-state index in [2.05, 4.69) is 24.1 Å². The van der Waals surface area contributed by atoms with Crippen LogP contribution in [-0.2, 0) is 9.53 Å². The highest BCUT2D eigenvalue weighted by atomic mass is 16.5. The molecular formula is C21H32N2O4. The van der Waals surface area contributed by atoms with Crippen molar-refractivity contribution >= 4 is 12.0 Å². The Morgan fingerprint density at radius 3 is 2.78 bits per heavy atom. The molecule has 1 amide bonds. The van der Waals surface area contributed by atoms with Crippen LogP contribution in [0.5, 0.6) is 11.5 Å². The molecular weight excluding hydrogens is 344 g/mol. The third kappa shape index (κ3) is 8.01. The van der Waals surface area contributed by atoms with Crippen LogP contribution < -0.4 is 14.8 Å². The predicted molar refractivity (Wildman–Crippen MR) is 107 cm³/mol. The van der Waals surface area contributed by atoms with E-state index in [-0.39, 0.29) is 5.91 Å². The monoisotopic (exact) mass is 376 g/mol. The van der Waals surface area contributed by atoms with Gasteiger partial charge in [0.05, 0.1) is 26.9 Å². The fourth-order valence-corrected chi connectivity index (χ4v) is 2.73. The lowest BCUT2D eigenvalue weighted by atomic mass is 10.2. The second-order valence-electron chi connectivity index (χ2n) is 7.05. The summed E-state index contributed by atoms with van der Waals surface area (Å²) < 4.78 is 16.5. The van der Waals surface area contributed by atoms with Gasteiger partial charge in [0.25, 0.3) is 0 Å². The summed E-state index contributed by atoms with van der Waals surface area (Å²) in [5, 5.41) is 2.93. The van der Waals surface area contributed by atoms with Gasteiger partial charge in [-0.3, -0.25) is 9.69 Å². The van der Waals surface area contributed by atoms with Gasteiger partial charge in [-0.1, -0.05) is 19.9 Å². The number of benzene rings is 1. The Kier molecular flexibility index (Phi) is 9.15. The van der Waals surface area contributed by atoms with Crippen molar-refractivity contribution < 1.29 is 19.0 Å². The fraction of sp³-hybridized carbons (Fsp3) is 0.571. The number of carbonyl (C=O) groups is 1. The molecule has 0 spiro atoms. The molecule has 6 nitrogen and oxygen atoms in total. The van der Waals surface area contributed by atoms with E-state index in [1.807, 2.05) is 18.2 Å². The molecule has 0 bridgehead atoms. The molecule has 1 N–H and O–H groups in total. The minimum absolute atomic E-state index is 0.0870. The van der Waals surface area contributed by atoms with E-state index in [4.69, 9.17) is 14.2 Å². The molecule has 1 heterocycles. The van der Waals surface area contributed by atoms with Crippen LogP contribution in [0.4, 0.5) is 0 Å². The maximum Gasteiger partial charge on any atom is 0.243 e. The Morgan fingerprint density at radius 1 is 1.30 bits per heavy atom. The second kappa shape index (κ2) is 11.6. The highest BCUT2D eigenvalue weighted by Crippen LogP contribution is 2.28. The number of rotatable bonds is 10. The van der Waals surface area contributed by atoms with Gasteiger partial charge < -0.3 is 19.5 Å². The van der Waals surface area contributed by atoms with Crippen LogP contribution in [0.1, 0.15) is 25.8 Å². The first-order chi connectivity index (χ1) is 13.1. The highest BCUT2D eigenvalue weighted by Gasteiger charge is 2.09. The molecule has 27 heavy (non-hydrogen) atoms. The van der Waals surface area contributed by atoms with E-state index in [1.54, 1.807) is 19.3 Å². The summed E-state index contributed by atoms with van der Waals surface area (Å²) in [7, 11) is 1.62. The molecule has 0 unspecified atom stereocenters. The number of amides is 1. The van der Waals surface area contributed by atoms with Gasteiger partial charge >= 0.3 is 0 Å². The van der Waals surface area contributed by atoms with Crippen LogP contribution in [0.3, 0.4) is 0 Å². The van der Waals surface area contributed by atoms with E-state index in [0.717, 1.165) is 50.6 Å². The Morgan fingerprint density at radius 2 is 2.07 bits per heavy atom. The predicted octanol–water partition coefficient (Wildman–Crippen LogP) is 2.58. The van der Waals surface area contributed by atoms with Crippen LogP contribution in [0.15, 0.2) is 24.3 Å². The van der Waals surface area contributed by atoms with Gasteiger partial charge in [-0.15, -0.1) is 0 Å². The zero-order chi connectivity index (χ0) is 19.5. The van der Waals surface area contributed by atoms with Crippen molar-refractivity contribution in [1.82, 2.24) is 10.2 Å². The number of nitrogens with one attached hydrogen (secondary N) is 1. The van der Waals surface area contributed by atoms with E-state index in [9.17, 15) is 4.79 Å². The summed E-state index contributed by atoms with van der Waals surface area (Å²) in [4.78, 5) is 14.3. The number of hydrogen-bond acceptors (Lipinski definition) is 5. The van der Waals surface area contributed by atoms with Gasteiger partial charge in [-0.2, -0.15) is 0 Å². The molecule has 1 aromatic rings. The van der Waals surface area contributed by atoms with Gasteiger partial charge in [-0.25, -0.2) is 0 Å².